The lowest BCUT2D eigenvalue weighted by Crippen LogP contribution is -2.30. The van der Waals surface area contributed by atoms with Crippen LogP contribution in [0.5, 0.6) is 0 Å². The summed E-state index contributed by atoms with van der Waals surface area (Å²) < 4.78 is 0. The van der Waals surface area contributed by atoms with E-state index in [0.29, 0.717) is 17.6 Å². The second-order valence-electron chi connectivity index (χ2n) is 5.01. The van der Waals surface area contributed by atoms with Gasteiger partial charge in [-0.2, -0.15) is 0 Å². The van der Waals surface area contributed by atoms with Gasteiger partial charge in [-0.05, 0) is 43.9 Å². The molecule has 1 nitrogen and oxygen atoms in total. The smallest absolute Gasteiger partial charge is 0.133 e. The van der Waals surface area contributed by atoms with Gasteiger partial charge in [-0.15, -0.1) is 0 Å². The van der Waals surface area contributed by atoms with E-state index in [1.165, 1.54) is 12.8 Å². The van der Waals surface area contributed by atoms with Gasteiger partial charge in [-0.1, -0.05) is 20.8 Å². The molecule has 1 heteroatoms. The Kier molecular flexibility index (Phi) is 3.52. The van der Waals surface area contributed by atoms with Crippen molar-refractivity contribution in [3.05, 3.63) is 0 Å². The van der Waals surface area contributed by atoms with Crippen LogP contribution < -0.4 is 0 Å². The molecule has 13 heavy (non-hydrogen) atoms. The Morgan fingerprint density at radius 3 is 2.38 bits per heavy atom. The summed E-state index contributed by atoms with van der Waals surface area (Å²) in [7, 11) is 0. The highest BCUT2D eigenvalue weighted by Gasteiger charge is 2.31. The fourth-order valence-corrected chi connectivity index (χ4v) is 2.53. The zero-order valence-corrected chi connectivity index (χ0v) is 9.34. The molecule has 0 bridgehead atoms. The Labute approximate surface area is 81.9 Å². The maximum absolute atomic E-state index is 11.4. The van der Waals surface area contributed by atoms with Crippen LogP contribution >= 0.6 is 0 Å². The van der Waals surface area contributed by atoms with Crippen molar-refractivity contribution in [1.29, 1.82) is 0 Å². The summed E-state index contributed by atoms with van der Waals surface area (Å²) in [5, 5.41) is 0. The number of carbonyl (C=O) groups is 1. The van der Waals surface area contributed by atoms with Gasteiger partial charge < -0.3 is 0 Å². The Morgan fingerprint density at radius 2 is 1.92 bits per heavy atom. The van der Waals surface area contributed by atoms with Crippen LogP contribution in [0.4, 0.5) is 0 Å². The number of ketones is 1. The van der Waals surface area contributed by atoms with Gasteiger partial charge in [0.25, 0.3) is 0 Å². The van der Waals surface area contributed by atoms with Gasteiger partial charge in [0.15, 0.2) is 0 Å². The zero-order valence-electron chi connectivity index (χ0n) is 9.34. The molecule has 0 aliphatic heterocycles. The fourth-order valence-electron chi connectivity index (χ4n) is 2.53. The second kappa shape index (κ2) is 4.26. The standard InChI is InChI=1S/C12H22O/c1-8(2)11-6-5-9(3)12(7-11)10(4)13/h8-9,11-12H,5-7H2,1-4H3/t9-,11-,12-/m0/s1. The van der Waals surface area contributed by atoms with Gasteiger partial charge in [0.2, 0.25) is 0 Å². The minimum atomic E-state index is 0.348. The molecule has 76 valence electrons. The lowest BCUT2D eigenvalue weighted by molar-refractivity contribution is -0.124. The van der Waals surface area contributed by atoms with E-state index in [-0.39, 0.29) is 0 Å². The number of rotatable bonds is 2. The van der Waals surface area contributed by atoms with Crippen molar-refractivity contribution in [2.24, 2.45) is 23.7 Å². The maximum atomic E-state index is 11.4. The van der Waals surface area contributed by atoms with Crippen molar-refractivity contribution in [1.82, 2.24) is 0 Å². The van der Waals surface area contributed by atoms with E-state index in [0.717, 1.165) is 18.3 Å². The number of hydrogen-bond acceptors (Lipinski definition) is 1. The summed E-state index contributed by atoms with van der Waals surface area (Å²) in [4.78, 5) is 11.4. The largest absolute Gasteiger partial charge is 0.300 e. The van der Waals surface area contributed by atoms with E-state index < -0.39 is 0 Å². The van der Waals surface area contributed by atoms with Crippen LogP contribution in [0.25, 0.3) is 0 Å². The molecule has 1 aliphatic carbocycles. The SMILES string of the molecule is CC(=O)[C@H]1C[C@@H](C(C)C)CC[C@@H]1C. The normalized spacial score (nSPS) is 35.0. The number of Topliss-reactive ketones (excluding diaryl/α,β-unsaturated/α-hetero) is 1. The molecular formula is C12H22O. The fraction of sp³-hybridized carbons (Fsp3) is 0.917. The predicted octanol–water partition coefficient (Wildman–Crippen LogP) is 3.28. The van der Waals surface area contributed by atoms with Gasteiger partial charge in [-0.3, -0.25) is 4.79 Å². The molecule has 1 aliphatic rings. The average molecular weight is 182 g/mol. The van der Waals surface area contributed by atoms with Crippen LogP contribution in [0.2, 0.25) is 0 Å². The van der Waals surface area contributed by atoms with Crippen molar-refractivity contribution >= 4 is 5.78 Å². The summed E-state index contributed by atoms with van der Waals surface area (Å²) in [6.07, 6.45) is 3.70. The molecule has 0 aromatic carbocycles. The Hall–Kier alpha value is -0.330. The zero-order chi connectivity index (χ0) is 10.0. The number of carbonyl (C=O) groups excluding carboxylic acids is 1. The minimum Gasteiger partial charge on any atom is -0.300 e. The third kappa shape index (κ3) is 2.55. The van der Waals surface area contributed by atoms with Crippen LogP contribution in [0.3, 0.4) is 0 Å². The lowest BCUT2D eigenvalue weighted by Gasteiger charge is -2.34. The molecule has 0 amide bonds. The van der Waals surface area contributed by atoms with Gasteiger partial charge in [0.05, 0.1) is 0 Å². The van der Waals surface area contributed by atoms with Crippen molar-refractivity contribution in [2.75, 3.05) is 0 Å². The van der Waals surface area contributed by atoms with Crippen molar-refractivity contribution in [3.63, 3.8) is 0 Å². The molecular weight excluding hydrogens is 160 g/mol. The molecule has 0 N–H and O–H groups in total. The highest BCUT2D eigenvalue weighted by molar-refractivity contribution is 5.78. The van der Waals surface area contributed by atoms with Gasteiger partial charge >= 0.3 is 0 Å². The van der Waals surface area contributed by atoms with Crippen LogP contribution in [0.1, 0.15) is 47.0 Å². The van der Waals surface area contributed by atoms with E-state index in [2.05, 4.69) is 20.8 Å². The molecule has 1 saturated carbocycles. The Balaban J connectivity index is 2.58. The molecule has 0 radical (unpaired) electrons. The van der Waals surface area contributed by atoms with Crippen molar-refractivity contribution < 1.29 is 4.79 Å². The molecule has 0 saturated heterocycles. The van der Waals surface area contributed by atoms with Gasteiger partial charge in [0, 0.05) is 5.92 Å². The summed E-state index contributed by atoms with van der Waals surface area (Å²) >= 11 is 0. The predicted molar refractivity (Wildman–Crippen MR) is 55.5 cm³/mol. The molecule has 1 fully saturated rings. The van der Waals surface area contributed by atoms with Gasteiger partial charge in [0.1, 0.15) is 5.78 Å². The molecule has 1 rings (SSSR count). The highest BCUT2D eigenvalue weighted by atomic mass is 16.1. The summed E-state index contributed by atoms with van der Waals surface area (Å²) in [6.45, 7) is 8.53. The van der Waals surface area contributed by atoms with E-state index in [4.69, 9.17) is 0 Å². The molecule has 0 unspecified atom stereocenters. The molecule has 0 spiro atoms. The first-order valence-corrected chi connectivity index (χ1v) is 5.52. The first-order valence-electron chi connectivity index (χ1n) is 5.52. The first kappa shape index (κ1) is 10.7. The average Bonchev–Trinajstić information content (AvgIpc) is 2.04. The van der Waals surface area contributed by atoms with E-state index in [1.807, 2.05) is 0 Å². The van der Waals surface area contributed by atoms with Crippen LogP contribution in [-0.4, -0.2) is 5.78 Å². The van der Waals surface area contributed by atoms with Gasteiger partial charge in [-0.25, -0.2) is 0 Å². The number of hydrogen-bond donors (Lipinski definition) is 0. The third-order valence-electron chi connectivity index (χ3n) is 3.70. The van der Waals surface area contributed by atoms with Crippen LogP contribution in [0.15, 0.2) is 0 Å². The summed E-state index contributed by atoms with van der Waals surface area (Å²) in [5.41, 5.74) is 0. The third-order valence-corrected chi connectivity index (χ3v) is 3.70. The molecule has 0 aromatic heterocycles. The molecule has 0 heterocycles. The van der Waals surface area contributed by atoms with Crippen LogP contribution in [-0.2, 0) is 4.79 Å². The van der Waals surface area contributed by atoms with E-state index >= 15 is 0 Å². The summed E-state index contributed by atoms with van der Waals surface area (Å²) in [6, 6.07) is 0. The lowest BCUT2D eigenvalue weighted by atomic mass is 9.70. The second-order valence-corrected chi connectivity index (χ2v) is 5.01. The van der Waals surface area contributed by atoms with Crippen molar-refractivity contribution in [2.45, 2.75) is 47.0 Å². The van der Waals surface area contributed by atoms with Crippen molar-refractivity contribution in [3.8, 4) is 0 Å². The van der Waals surface area contributed by atoms with E-state index in [9.17, 15) is 4.79 Å². The van der Waals surface area contributed by atoms with E-state index in [1.54, 1.807) is 6.92 Å². The minimum absolute atomic E-state index is 0.348. The topological polar surface area (TPSA) is 17.1 Å². The Morgan fingerprint density at radius 1 is 1.31 bits per heavy atom. The first-order chi connectivity index (χ1) is 6.02. The Bertz CT molecular complexity index is 184. The molecule has 3 atom stereocenters. The summed E-state index contributed by atoms with van der Waals surface area (Å²) in [5.74, 6) is 2.89. The quantitative estimate of drug-likeness (QED) is 0.640. The monoisotopic (exact) mass is 182 g/mol. The van der Waals surface area contributed by atoms with Crippen LogP contribution in [0, 0.1) is 23.7 Å². The highest BCUT2D eigenvalue weighted by Crippen LogP contribution is 2.37. The molecule has 0 aromatic rings. The maximum Gasteiger partial charge on any atom is 0.133 e.